The number of nitrogens with one attached hydrogen (secondary N) is 2. The summed E-state index contributed by atoms with van der Waals surface area (Å²) in [7, 11) is 0. The number of nitrogens with zero attached hydrogens (tertiary/aromatic N) is 2. The van der Waals surface area contributed by atoms with Gasteiger partial charge in [-0.1, -0.05) is 40.9 Å². The van der Waals surface area contributed by atoms with Gasteiger partial charge in [-0.05, 0) is 42.8 Å². The molecule has 2 N–H and O–H groups in total. The molecular weight excluding hydrogens is 403 g/mol. The highest BCUT2D eigenvalue weighted by molar-refractivity contribution is 7.80. The minimum absolute atomic E-state index is 0.208. The van der Waals surface area contributed by atoms with Crippen molar-refractivity contribution in [3.05, 3.63) is 45.0 Å². The van der Waals surface area contributed by atoms with Crippen molar-refractivity contribution >= 4 is 58.0 Å². The van der Waals surface area contributed by atoms with Crippen molar-refractivity contribution in [2.45, 2.75) is 25.5 Å². The molecule has 3 rings (SSSR count). The number of benzene rings is 1. The van der Waals surface area contributed by atoms with Crippen LogP contribution in [0.5, 0.6) is 0 Å². The van der Waals surface area contributed by atoms with E-state index in [1.165, 1.54) is 0 Å². The van der Waals surface area contributed by atoms with E-state index in [-0.39, 0.29) is 6.10 Å². The summed E-state index contributed by atoms with van der Waals surface area (Å²) in [4.78, 5) is 0. The molecule has 2 heterocycles. The van der Waals surface area contributed by atoms with Gasteiger partial charge in [-0.25, -0.2) is 0 Å². The van der Waals surface area contributed by atoms with E-state index in [4.69, 9.17) is 51.8 Å². The molecule has 1 saturated heterocycles. The van der Waals surface area contributed by atoms with Crippen LogP contribution in [0, 0.1) is 0 Å². The first kappa shape index (κ1) is 18.7. The summed E-state index contributed by atoms with van der Waals surface area (Å²) in [6, 6.07) is 5.35. The van der Waals surface area contributed by atoms with Gasteiger partial charge in [0.2, 0.25) is 0 Å². The van der Waals surface area contributed by atoms with Crippen LogP contribution in [-0.2, 0) is 11.3 Å². The third-order valence-corrected chi connectivity index (χ3v) is 4.92. The average Bonchev–Trinajstić information content (AvgIpc) is 3.19. The molecule has 1 aliphatic heterocycles. The lowest BCUT2D eigenvalue weighted by atomic mass is 10.2. The van der Waals surface area contributed by atoms with E-state index in [1.54, 1.807) is 23.0 Å². The lowest BCUT2D eigenvalue weighted by Crippen LogP contribution is -2.35. The van der Waals surface area contributed by atoms with Crippen LogP contribution in [0.4, 0.5) is 5.82 Å². The normalized spacial score (nSPS) is 16.8. The smallest absolute Gasteiger partial charge is 0.173 e. The minimum Gasteiger partial charge on any atom is -0.376 e. The lowest BCUT2D eigenvalue weighted by molar-refractivity contribution is 0.114. The highest BCUT2D eigenvalue weighted by Gasteiger charge is 2.16. The van der Waals surface area contributed by atoms with Crippen molar-refractivity contribution < 1.29 is 4.74 Å². The Balaban J connectivity index is 1.58. The Kier molecular flexibility index (Phi) is 6.41. The number of thiocarbonyl (C=S) groups is 1. The number of hydrogen-bond donors (Lipinski definition) is 2. The van der Waals surface area contributed by atoms with E-state index in [0.717, 1.165) is 25.0 Å². The average molecular weight is 420 g/mol. The number of ether oxygens (including phenoxy) is 1. The van der Waals surface area contributed by atoms with Crippen LogP contribution < -0.4 is 10.6 Å². The van der Waals surface area contributed by atoms with Gasteiger partial charge in [-0.2, -0.15) is 5.10 Å². The van der Waals surface area contributed by atoms with Crippen LogP contribution in [0.3, 0.4) is 0 Å². The molecule has 1 aliphatic rings. The van der Waals surface area contributed by atoms with Gasteiger partial charge in [0.15, 0.2) is 10.9 Å². The number of anilines is 1. The first-order valence-corrected chi connectivity index (χ1v) is 9.39. The second-order valence-corrected chi connectivity index (χ2v) is 7.39. The molecule has 25 heavy (non-hydrogen) atoms. The summed E-state index contributed by atoms with van der Waals surface area (Å²) < 4.78 is 7.25. The fourth-order valence-corrected chi connectivity index (χ4v) is 3.40. The molecule has 5 nitrogen and oxygen atoms in total. The molecule has 1 fully saturated rings. The Morgan fingerprint density at radius 1 is 1.32 bits per heavy atom. The SMILES string of the molecule is S=C(NC[C@H]1CCCO1)Nc1nn(Cc2ccc(Cl)cc2Cl)cc1Cl. The van der Waals surface area contributed by atoms with Crippen LogP contribution >= 0.6 is 47.0 Å². The largest absolute Gasteiger partial charge is 0.376 e. The molecule has 0 spiro atoms. The van der Waals surface area contributed by atoms with Crippen molar-refractivity contribution in [1.29, 1.82) is 0 Å². The van der Waals surface area contributed by atoms with Crippen molar-refractivity contribution in [2.24, 2.45) is 0 Å². The summed E-state index contributed by atoms with van der Waals surface area (Å²) >= 11 is 23.6. The van der Waals surface area contributed by atoms with Gasteiger partial charge in [0, 0.05) is 29.4 Å². The molecule has 1 aromatic carbocycles. The second kappa shape index (κ2) is 8.56. The van der Waals surface area contributed by atoms with E-state index in [2.05, 4.69) is 15.7 Å². The Labute approximate surface area is 166 Å². The number of halogens is 3. The maximum Gasteiger partial charge on any atom is 0.173 e. The molecule has 1 aromatic heterocycles. The summed E-state index contributed by atoms with van der Waals surface area (Å²) in [5.74, 6) is 0.497. The topological polar surface area (TPSA) is 51.1 Å². The summed E-state index contributed by atoms with van der Waals surface area (Å²) in [5, 5.41) is 12.7. The zero-order chi connectivity index (χ0) is 17.8. The van der Waals surface area contributed by atoms with E-state index in [0.29, 0.717) is 39.1 Å². The first-order valence-electron chi connectivity index (χ1n) is 7.84. The van der Waals surface area contributed by atoms with Crippen LogP contribution in [0.15, 0.2) is 24.4 Å². The molecule has 0 unspecified atom stereocenters. The van der Waals surface area contributed by atoms with E-state index >= 15 is 0 Å². The first-order chi connectivity index (χ1) is 12.0. The van der Waals surface area contributed by atoms with Gasteiger partial charge in [0.1, 0.15) is 5.02 Å². The quantitative estimate of drug-likeness (QED) is 0.705. The van der Waals surface area contributed by atoms with Crippen LogP contribution in [0.25, 0.3) is 0 Å². The fraction of sp³-hybridized carbons (Fsp3) is 0.375. The maximum absolute atomic E-state index is 6.24. The lowest BCUT2D eigenvalue weighted by Gasteiger charge is -2.13. The van der Waals surface area contributed by atoms with Gasteiger partial charge in [0.25, 0.3) is 0 Å². The summed E-state index contributed by atoms with van der Waals surface area (Å²) in [6.07, 6.45) is 4.07. The highest BCUT2D eigenvalue weighted by atomic mass is 35.5. The number of rotatable bonds is 5. The fourth-order valence-electron chi connectivity index (χ4n) is 2.55. The molecule has 9 heteroatoms. The summed E-state index contributed by atoms with van der Waals surface area (Å²) in [6.45, 7) is 1.97. The Morgan fingerprint density at radius 2 is 2.16 bits per heavy atom. The molecule has 134 valence electrons. The van der Waals surface area contributed by atoms with Gasteiger partial charge in [-0.15, -0.1) is 0 Å². The van der Waals surface area contributed by atoms with Crippen molar-refractivity contribution in [2.75, 3.05) is 18.5 Å². The molecule has 0 radical (unpaired) electrons. The highest BCUT2D eigenvalue weighted by Crippen LogP contribution is 2.24. The predicted octanol–water partition coefficient (Wildman–Crippen LogP) is 4.36. The second-order valence-electron chi connectivity index (χ2n) is 5.73. The monoisotopic (exact) mass is 418 g/mol. The van der Waals surface area contributed by atoms with Gasteiger partial charge in [-0.3, -0.25) is 4.68 Å². The predicted molar refractivity (Wildman–Crippen MR) is 106 cm³/mol. The summed E-state index contributed by atoms with van der Waals surface area (Å²) in [5.41, 5.74) is 0.899. The zero-order valence-electron chi connectivity index (χ0n) is 13.3. The van der Waals surface area contributed by atoms with Gasteiger partial charge >= 0.3 is 0 Å². The van der Waals surface area contributed by atoms with Crippen molar-refractivity contribution in [3.63, 3.8) is 0 Å². The number of aromatic nitrogens is 2. The Hall–Kier alpha value is -1.05. The van der Waals surface area contributed by atoms with Gasteiger partial charge < -0.3 is 15.4 Å². The van der Waals surface area contributed by atoms with E-state index < -0.39 is 0 Å². The Morgan fingerprint density at radius 3 is 2.88 bits per heavy atom. The third kappa shape index (κ3) is 5.21. The molecule has 2 aromatic rings. The zero-order valence-corrected chi connectivity index (χ0v) is 16.4. The van der Waals surface area contributed by atoms with Crippen molar-refractivity contribution in [3.8, 4) is 0 Å². The van der Waals surface area contributed by atoms with Crippen LogP contribution in [0.1, 0.15) is 18.4 Å². The van der Waals surface area contributed by atoms with E-state index in [1.807, 2.05) is 6.07 Å². The molecule has 0 amide bonds. The van der Waals surface area contributed by atoms with Crippen LogP contribution in [0.2, 0.25) is 15.1 Å². The molecule has 0 aliphatic carbocycles. The van der Waals surface area contributed by atoms with Crippen molar-refractivity contribution in [1.82, 2.24) is 15.1 Å². The molecule has 0 bridgehead atoms. The third-order valence-electron chi connectivity index (χ3n) is 3.81. The van der Waals surface area contributed by atoms with E-state index in [9.17, 15) is 0 Å². The standard InChI is InChI=1S/C16H17Cl3N4OS/c17-11-4-3-10(13(18)6-11)8-23-9-14(19)15(22-23)21-16(25)20-7-12-2-1-5-24-12/h3-4,6,9,12H,1-2,5,7-8H2,(H2,20,21,22,25)/t12-/m1/s1. The molecule has 1 atom stereocenters. The van der Waals surface area contributed by atoms with Gasteiger partial charge in [0.05, 0.1) is 12.6 Å². The Bertz CT molecular complexity index is 762. The van der Waals surface area contributed by atoms with Crippen LogP contribution in [-0.4, -0.2) is 34.1 Å². The molecule has 0 saturated carbocycles. The minimum atomic E-state index is 0.208. The maximum atomic E-state index is 6.24. The molecular formula is C16H17Cl3N4OS. The number of hydrogen-bond acceptors (Lipinski definition) is 3.